The Morgan fingerprint density at radius 1 is 1.22 bits per heavy atom. The average molecular weight is 416 g/mol. The van der Waals surface area contributed by atoms with E-state index in [1.807, 2.05) is 36.6 Å². The van der Waals surface area contributed by atoms with Gasteiger partial charge in [0, 0.05) is 10.5 Å². The highest BCUT2D eigenvalue weighted by Crippen LogP contribution is 2.34. The van der Waals surface area contributed by atoms with Crippen molar-refractivity contribution in [2.24, 2.45) is 0 Å². The number of fused-ring (bicyclic) bond motifs is 1. The van der Waals surface area contributed by atoms with Crippen molar-refractivity contribution in [1.82, 2.24) is 10.1 Å². The number of amides is 1. The number of thioether (sulfide) groups is 1. The lowest BCUT2D eigenvalue weighted by Crippen LogP contribution is -2.13. The molecule has 8 heteroatoms. The van der Waals surface area contributed by atoms with E-state index in [0.29, 0.717) is 32.7 Å². The van der Waals surface area contributed by atoms with E-state index in [9.17, 15) is 4.79 Å². The van der Waals surface area contributed by atoms with Crippen LogP contribution in [0.25, 0.3) is 21.5 Å². The molecule has 0 unspecified atom stereocenters. The molecule has 0 fully saturated rings. The van der Waals surface area contributed by atoms with Gasteiger partial charge < -0.3 is 4.52 Å². The van der Waals surface area contributed by atoms with E-state index in [2.05, 4.69) is 15.5 Å². The standard InChI is InChI=1S/C19H14ClN3O2S2/c1-10-15(16(23-25-10)11-6-3-4-7-12(11)20)18(24)22-19-21-17-13(26-2)8-5-9-14(17)27-19/h3-9H,1-2H3,(H,21,22,24). The first-order valence-electron chi connectivity index (χ1n) is 8.04. The van der Waals surface area contributed by atoms with Gasteiger partial charge in [-0.2, -0.15) is 0 Å². The van der Waals surface area contributed by atoms with E-state index in [-0.39, 0.29) is 5.91 Å². The van der Waals surface area contributed by atoms with Crippen LogP contribution in [0.15, 0.2) is 51.9 Å². The molecule has 27 heavy (non-hydrogen) atoms. The zero-order valence-corrected chi connectivity index (χ0v) is 16.8. The molecule has 0 radical (unpaired) electrons. The minimum atomic E-state index is -0.326. The molecule has 0 saturated carbocycles. The molecule has 0 bridgehead atoms. The maximum Gasteiger partial charge on any atom is 0.263 e. The minimum Gasteiger partial charge on any atom is -0.360 e. The van der Waals surface area contributed by atoms with Crippen molar-refractivity contribution in [3.8, 4) is 11.3 Å². The smallest absolute Gasteiger partial charge is 0.263 e. The van der Waals surface area contributed by atoms with Crippen molar-refractivity contribution in [3.05, 3.63) is 58.8 Å². The highest BCUT2D eigenvalue weighted by atomic mass is 35.5. The first-order chi connectivity index (χ1) is 13.1. The molecule has 2 heterocycles. The Hall–Kier alpha value is -2.35. The maximum absolute atomic E-state index is 12.9. The molecule has 0 atom stereocenters. The van der Waals surface area contributed by atoms with E-state index >= 15 is 0 Å². The molecule has 0 aliphatic rings. The number of para-hydroxylation sites is 1. The molecule has 5 nitrogen and oxygen atoms in total. The van der Waals surface area contributed by atoms with Crippen molar-refractivity contribution in [1.29, 1.82) is 0 Å². The fraction of sp³-hybridized carbons (Fsp3) is 0.105. The van der Waals surface area contributed by atoms with Crippen LogP contribution in [0.2, 0.25) is 5.02 Å². The summed E-state index contributed by atoms with van der Waals surface area (Å²) in [5.41, 5.74) is 2.31. The van der Waals surface area contributed by atoms with Crippen molar-refractivity contribution >= 4 is 56.0 Å². The Bertz CT molecular complexity index is 1150. The molecule has 1 amide bonds. The number of carbonyl (C=O) groups excluding carboxylic acids is 1. The summed E-state index contributed by atoms with van der Waals surface area (Å²) in [7, 11) is 0. The Kier molecular flexibility index (Phi) is 4.90. The van der Waals surface area contributed by atoms with Gasteiger partial charge in [-0.3, -0.25) is 10.1 Å². The quantitative estimate of drug-likeness (QED) is 0.421. The van der Waals surface area contributed by atoms with Gasteiger partial charge in [-0.15, -0.1) is 11.8 Å². The van der Waals surface area contributed by atoms with Gasteiger partial charge in [-0.05, 0) is 31.4 Å². The summed E-state index contributed by atoms with van der Waals surface area (Å²) in [4.78, 5) is 18.6. The third kappa shape index (κ3) is 3.34. The summed E-state index contributed by atoms with van der Waals surface area (Å²) >= 11 is 9.32. The molecule has 4 aromatic rings. The largest absolute Gasteiger partial charge is 0.360 e. The number of halogens is 1. The second-order valence-electron chi connectivity index (χ2n) is 5.72. The monoisotopic (exact) mass is 415 g/mol. The third-order valence-corrected chi connectivity index (χ3v) is 6.08. The average Bonchev–Trinajstić information content (AvgIpc) is 3.24. The Balaban J connectivity index is 1.71. The molecule has 1 N–H and O–H groups in total. The number of hydrogen-bond acceptors (Lipinski definition) is 6. The van der Waals surface area contributed by atoms with Crippen LogP contribution in [0.5, 0.6) is 0 Å². The summed E-state index contributed by atoms with van der Waals surface area (Å²) < 4.78 is 6.29. The first-order valence-corrected chi connectivity index (χ1v) is 10.5. The number of hydrogen-bond donors (Lipinski definition) is 1. The molecular formula is C19H14ClN3O2S2. The number of nitrogens with one attached hydrogen (secondary N) is 1. The van der Waals surface area contributed by atoms with E-state index in [4.69, 9.17) is 16.1 Å². The molecule has 4 rings (SSSR count). The molecule has 2 aromatic carbocycles. The van der Waals surface area contributed by atoms with Gasteiger partial charge in [0.05, 0.1) is 15.2 Å². The van der Waals surface area contributed by atoms with Crippen LogP contribution >= 0.6 is 34.7 Å². The van der Waals surface area contributed by atoms with Gasteiger partial charge >= 0.3 is 0 Å². The van der Waals surface area contributed by atoms with Gasteiger partial charge in [-0.1, -0.05) is 52.4 Å². The van der Waals surface area contributed by atoms with Crippen LogP contribution in [0, 0.1) is 6.92 Å². The SMILES string of the molecule is CSc1cccc2sc(NC(=O)c3c(-c4ccccc4Cl)noc3C)nc12. The van der Waals surface area contributed by atoms with E-state index in [1.54, 1.807) is 30.8 Å². The minimum absolute atomic E-state index is 0.326. The van der Waals surface area contributed by atoms with Crippen LogP contribution in [-0.4, -0.2) is 22.3 Å². The van der Waals surface area contributed by atoms with Gasteiger partial charge in [0.15, 0.2) is 5.13 Å². The third-order valence-electron chi connectivity index (χ3n) is 4.04. The molecule has 136 valence electrons. The predicted octanol–water partition coefficient (Wildman–Crippen LogP) is 5.89. The Morgan fingerprint density at radius 2 is 2.04 bits per heavy atom. The number of benzene rings is 2. The summed E-state index contributed by atoms with van der Waals surface area (Å²) in [6.07, 6.45) is 2.00. The van der Waals surface area contributed by atoms with Crippen LogP contribution < -0.4 is 5.32 Å². The number of aromatic nitrogens is 2. The van der Waals surface area contributed by atoms with Gasteiger partial charge in [0.1, 0.15) is 17.0 Å². The van der Waals surface area contributed by atoms with E-state index < -0.39 is 0 Å². The summed E-state index contributed by atoms with van der Waals surface area (Å²) in [6, 6.07) is 13.2. The van der Waals surface area contributed by atoms with Gasteiger partial charge in [0.2, 0.25) is 0 Å². The Labute approximate surface area is 168 Å². The molecule has 0 aliphatic carbocycles. The number of anilines is 1. The van der Waals surface area contributed by atoms with Crippen molar-refractivity contribution in [3.63, 3.8) is 0 Å². The molecule has 0 spiro atoms. The normalized spacial score (nSPS) is 11.1. The molecular weight excluding hydrogens is 402 g/mol. The molecule has 0 saturated heterocycles. The van der Waals surface area contributed by atoms with E-state index in [0.717, 1.165) is 15.1 Å². The Morgan fingerprint density at radius 3 is 2.81 bits per heavy atom. The van der Waals surface area contributed by atoms with Crippen molar-refractivity contribution in [2.45, 2.75) is 11.8 Å². The maximum atomic E-state index is 12.9. The van der Waals surface area contributed by atoms with Gasteiger partial charge in [-0.25, -0.2) is 4.98 Å². The molecule has 2 aromatic heterocycles. The fourth-order valence-electron chi connectivity index (χ4n) is 2.78. The lowest BCUT2D eigenvalue weighted by atomic mass is 10.1. The number of nitrogens with zero attached hydrogens (tertiary/aromatic N) is 2. The highest BCUT2D eigenvalue weighted by Gasteiger charge is 2.24. The van der Waals surface area contributed by atoms with Crippen molar-refractivity contribution in [2.75, 3.05) is 11.6 Å². The number of carbonyl (C=O) groups is 1. The number of aryl methyl sites for hydroxylation is 1. The van der Waals surface area contributed by atoms with Crippen LogP contribution in [-0.2, 0) is 0 Å². The second kappa shape index (κ2) is 7.34. The lowest BCUT2D eigenvalue weighted by Gasteiger charge is -2.04. The lowest BCUT2D eigenvalue weighted by molar-refractivity contribution is 0.102. The van der Waals surface area contributed by atoms with Gasteiger partial charge in [0.25, 0.3) is 5.91 Å². The second-order valence-corrected chi connectivity index (χ2v) is 8.01. The number of rotatable bonds is 4. The first kappa shape index (κ1) is 18.0. The topological polar surface area (TPSA) is 68.0 Å². The highest BCUT2D eigenvalue weighted by molar-refractivity contribution is 7.98. The number of thiazole rings is 1. The van der Waals surface area contributed by atoms with E-state index in [1.165, 1.54) is 11.3 Å². The zero-order valence-electron chi connectivity index (χ0n) is 14.4. The summed E-state index contributed by atoms with van der Waals surface area (Å²) in [5.74, 6) is 0.0989. The summed E-state index contributed by atoms with van der Waals surface area (Å²) in [5, 5.41) is 7.94. The zero-order chi connectivity index (χ0) is 19.0. The fourth-order valence-corrected chi connectivity index (χ4v) is 4.52. The van der Waals surface area contributed by atoms with Crippen LogP contribution in [0.3, 0.4) is 0 Å². The van der Waals surface area contributed by atoms with Crippen molar-refractivity contribution < 1.29 is 9.32 Å². The van der Waals surface area contributed by atoms with Crippen LogP contribution in [0.4, 0.5) is 5.13 Å². The molecule has 0 aliphatic heterocycles. The summed E-state index contributed by atoms with van der Waals surface area (Å²) in [6.45, 7) is 1.70. The predicted molar refractivity (Wildman–Crippen MR) is 111 cm³/mol. The van der Waals surface area contributed by atoms with Crippen LogP contribution in [0.1, 0.15) is 16.1 Å².